The first-order valence-corrected chi connectivity index (χ1v) is 17.7. The van der Waals surface area contributed by atoms with Gasteiger partial charge in [0.15, 0.2) is 0 Å². The number of esters is 2. The third kappa shape index (κ3) is 7.40. The highest BCUT2D eigenvalue weighted by atomic mass is 79.9. The van der Waals surface area contributed by atoms with E-state index in [0.29, 0.717) is 20.2 Å². The summed E-state index contributed by atoms with van der Waals surface area (Å²) in [4.78, 5) is 58.7. The van der Waals surface area contributed by atoms with E-state index in [-0.39, 0.29) is 25.3 Å². The van der Waals surface area contributed by atoms with Gasteiger partial charge in [0.25, 0.3) is 0 Å². The lowest BCUT2D eigenvalue weighted by atomic mass is 10.2. The summed E-state index contributed by atoms with van der Waals surface area (Å²) >= 11 is 7.57. The Bertz CT molecular complexity index is 1820. The number of fused-ring (bicyclic) bond motifs is 2. The van der Waals surface area contributed by atoms with Gasteiger partial charge in [0, 0.05) is 29.5 Å². The summed E-state index contributed by atoms with van der Waals surface area (Å²) in [6, 6.07) is 7.41. The van der Waals surface area contributed by atoms with Crippen LogP contribution in [0.4, 0.5) is 17.6 Å². The van der Waals surface area contributed by atoms with Crippen molar-refractivity contribution in [1.82, 2.24) is 0 Å². The predicted octanol–water partition coefficient (Wildman–Crippen LogP) is 7.74. The summed E-state index contributed by atoms with van der Waals surface area (Å²) < 4.78 is 86.9. The molecule has 0 amide bonds. The Morgan fingerprint density at radius 1 is 0.767 bits per heavy atom. The molecule has 0 atom stereocenters. The average molecular weight is 816 g/mol. The maximum atomic E-state index is 13.9. The van der Waals surface area contributed by atoms with Gasteiger partial charge in [-0.25, -0.2) is 9.59 Å². The van der Waals surface area contributed by atoms with E-state index in [4.69, 9.17) is 24.3 Å². The number of ether oxygens (including phenoxy) is 2. The van der Waals surface area contributed by atoms with E-state index in [9.17, 15) is 36.3 Å². The zero-order valence-corrected chi connectivity index (χ0v) is 28.0. The molecule has 20 heteroatoms. The van der Waals surface area contributed by atoms with E-state index in [0.717, 1.165) is 34.8 Å². The number of halogens is 6. The van der Waals surface area contributed by atoms with Gasteiger partial charge in [0.2, 0.25) is 0 Å². The number of alkyl halides is 4. The number of carbonyl (C=O) groups is 2. The van der Waals surface area contributed by atoms with Crippen LogP contribution < -0.4 is 0 Å². The Kier molecular flexibility index (Phi) is 10.8. The maximum absolute atomic E-state index is 13.9. The maximum Gasteiger partial charge on any atom is 0.399 e. The third-order valence-electron chi connectivity index (χ3n) is 5.45. The second kappa shape index (κ2) is 12.9. The molecule has 4 rings (SSSR count). The van der Waals surface area contributed by atoms with Crippen molar-refractivity contribution in [3.05, 3.63) is 66.2 Å². The fraction of sp³-hybridized carbons (Fsp3) is 0.217. The molecular weight excluding hydrogens is 798 g/mol. The van der Waals surface area contributed by atoms with Crippen molar-refractivity contribution in [3.63, 3.8) is 0 Å². The minimum atomic E-state index is -5.67. The van der Waals surface area contributed by atoms with Crippen LogP contribution in [0.3, 0.4) is 0 Å². The van der Waals surface area contributed by atoms with E-state index in [2.05, 4.69) is 36.6 Å². The molecule has 2 heterocycles. The van der Waals surface area contributed by atoms with Crippen molar-refractivity contribution in [3.8, 4) is 0 Å². The number of thiophene rings is 2. The molecular formula is C23H18Br2F4O10P2S2. The van der Waals surface area contributed by atoms with Crippen molar-refractivity contribution in [2.24, 2.45) is 0 Å². The van der Waals surface area contributed by atoms with Crippen LogP contribution in [-0.2, 0) is 29.9 Å². The Hall–Kier alpha value is -1.72. The Balaban J connectivity index is 0.000000236. The zero-order chi connectivity index (χ0) is 32.7. The fourth-order valence-electron chi connectivity index (χ4n) is 3.40. The number of carbonyl (C=O) groups excluding carboxylic acids is 2. The van der Waals surface area contributed by atoms with Crippen LogP contribution in [0.5, 0.6) is 0 Å². The van der Waals surface area contributed by atoms with Gasteiger partial charge in [-0.1, -0.05) is 31.9 Å². The van der Waals surface area contributed by atoms with Gasteiger partial charge in [-0.15, -0.1) is 22.7 Å². The molecule has 0 saturated heterocycles. The van der Waals surface area contributed by atoms with Crippen LogP contribution in [0.25, 0.3) is 20.2 Å². The second-order valence-corrected chi connectivity index (χ2v) is 15.5. The van der Waals surface area contributed by atoms with Crippen LogP contribution in [0.15, 0.2) is 45.3 Å². The summed E-state index contributed by atoms with van der Waals surface area (Å²) in [6.45, 7) is 1.82. The first kappa shape index (κ1) is 35.8. The molecule has 10 nitrogen and oxygen atoms in total. The van der Waals surface area contributed by atoms with Crippen molar-refractivity contribution < 1.29 is 65.3 Å². The van der Waals surface area contributed by atoms with E-state index < -0.39 is 49.6 Å². The van der Waals surface area contributed by atoms with Crippen molar-refractivity contribution in [2.75, 3.05) is 13.7 Å². The van der Waals surface area contributed by atoms with Crippen molar-refractivity contribution in [1.29, 1.82) is 0 Å². The molecule has 0 unspecified atom stereocenters. The largest absolute Gasteiger partial charge is 0.465 e. The first-order valence-electron chi connectivity index (χ1n) is 11.2. The molecule has 2 aromatic heterocycles. The molecule has 0 aliphatic rings. The van der Waals surface area contributed by atoms with E-state index >= 15 is 0 Å². The van der Waals surface area contributed by atoms with Crippen LogP contribution in [0.1, 0.15) is 37.4 Å². The van der Waals surface area contributed by atoms with E-state index in [1.54, 1.807) is 6.92 Å². The number of benzene rings is 2. The molecule has 0 fully saturated rings. The third-order valence-corrected chi connectivity index (χ3v) is 10.9. The summed E-state index contributed by atoms with van der Waals surface area (Å²) in [6.07, 6.45) is 0. The Morgan fingerprint density at radius 3 is 1.47 bits per heavy atom. The molecule has 0 bridgehead atoms. The van der Waals surface area contributed by atoms with Crippen LogP contribution >= 0.6 is 69.7 Å². The van der Waals surface area contributed by atoms with Gasteiger partial charge in [-0.2, -0.15) is 17.6 Å². The van der Waals surface area contributed by atoms with Gasteiger partial charge in [0.05, 0.1) is 13.7 Å². The number of hydrogen-bond donors (Lipinski definition) is 4. The van der Waals surface area contributed by atoms with Gasteiger partial charge in [-0.05, 0) is 54.1 Å². The summed E-state index contributed by atoms with van der Waals surface area (Å²) in [5.74, 6) is -1.20. The zero-order valence-electron chi connectivity index (χ0n) is 21.4. The fourth-order valence-corrected chi connectivity index (χ4v) is 7.90. The normalized spacial score (nSPS) is 12.7. The smallest absolute Gasteiger partial charge is 0.399 e. The number of methoxy groups -OCH3 is 1. The molecule has 43 heavy (non-hydrogen) atoms. The predicted molar refractivity (Wildman–Crippen MR) is 158 cm³/mol. The van der Waals surface area contributed by atoms with Crippen LogP contribution in [-0.4, -0.2) is 45.2 Å². The van der Waals surface area contributed by atoms with Gasteiger partial charge >= 0.3 is 38.5 Å². The summed E-state index contributed by atoms with van der Waals surface area (Å²) in [5.41, 5.74) is -10.3. The summed E-state index contributed by atoms with van der Waals surface area (Å²) in [5, 5.41) is 0.975. The van der Waals surface area contributed by atoms with Crippen molar-refractivity contribution >= 4 is 102 Å². The topological polar surface area (TPSA) is 168 Å². The molecule has 4 N–H and O–H groups in total. The highest BCUT2D eigenvalue weighted by Crippen LogP contribution is 2.62. The highest BCUT2D eigenvalue weighted by Gasteiger charge is 2.52. The Labute approximate surface area is 264 Å². The van der Waals surface area contributed by atoms with Gasteiger partial charge in [0.1, 0.15) is 9.75 Å². The monoisotopic (exact) mass is 814 g/mol. The highest BCUT2D eigenvalue weighted by molar-refractivity contribution is 9.10. The lowest BCUT2D eigenvalue weighted by Crippen LogP contribution is -2.14. The molecule has 0 aliphatic carbocycles. The Morgan fingerprint density at radius 2 is 1.14 bits per heavy atom. The molecule has 0 spiro atoms. The SMILES string of the molecule is CCOC(=O)c1cc2cc(Br)c(C(F)(F)P(=O)(O)O)cc2s1.COC(=O)c1cc2cc(Br)c(C(F)(F)P(=O)(O)O)cc2s1. The first-order chi connectivity index (χ1) is 19.6. The lowest BCUT2D eigenvalue weighted by molar-refractivity contribution is 0.0531. The van der Waals surface area contributed by atoms with E-state index in [1.807, 2.05) is 0 Å². The molecule has 2 aromatic carbocycles. The minimum Gasteiger partial charge on any atom is -0.465 e. The second-order valence-electron chi connectivity index (χ2n) is 8.34. The van der Waals surface area contributed by atoms with Crippen LogP contribution in [0, 0.1) is 0 Å². The quantitative estimate of drug-likeness (QED) is 0.0823. The molecule has 0 aliphatic heterocycles. The van der Waals surface area contributed by atoms with Crippen molar-refractivity contribution in [2.45, 2.75) is 18.3 Å². The lowest BCUT2D eigenvalue weighted by Gasteiger charge is -2.19. The van der Waals surface area contributed by atoms with Gasteiger partial charge < -0.3 is 29.0 Å². The van der Waals surface area contributed by atoms with Crippen LogP contribution in [0.2, 0.25) is 0 Å². The summed E-state index contributed by atoms with van der Waals surface area (Å²) in [7, 11) is -10.1. The molecule has 4 aromatic rings. The molecule has 0 radical (unpaired) electrons. The minimum absolute atomic E-state index is 0.151. The van der Waals surface area contributed by atoms with Gasteiger partial charge in [-0.3, -0.25) is 9.13 Å². The average Bonchev–Trinajstić information content (AvgIpc) is 3.49. The van der Waals surface area contributed by atoms with E-state index in [1.165, 1.54) is 31.4 Å². The molecule has 0 saturated carbocycles. The molecule has 234 valence electrons. The standard InChI is InChI=1S/C12H10BrF2O5PS.C11H8BrF2O5PS/c1-2-20-11(16)10-4-6-3-8(13)7(5-9(6)22-10)12(14,15)21(17,18)19;1-19-10(15)9-3-5-2-7(12)6(4-8(5)21-9)11(13,14)20(16,17)18/h3-5H,2H2,1H3,(H2,17,18,19);2-4H,1H3,(H2,16,17,18). The number of hydrogen-bond acceptors (Lipinski definition) is 8. The number of rotatable bonds is 7.